The number of thioether (sulfide) groups is 1. The highest BCUT2D eigenvalue weighted by atomic mass is 32.2. The zero-order chi connectivity index (χ0) is 16.4. The van der Waals surface area contributed by atoms with E-state index in [1.54, 1.807) is 11.8 Å². The van der Waals surface area contributed by atoms with Gasteiger partial charge >= 0.3 is 0 Å². The number of aromatic nitrogens is 3. The summed E-state index contributed by atoms with van der Waals surface area (Å²) in [6.07, 6.45) is 0. The Morgan fingerprint density at radius 1 is 1.52 bits per heavy atom. The molecular weight excluding hydrogens is 328 g/mol. The highest BCUT2D eigenvalue weighted by Crippen LogP contribution is 2.39. The van der Waals surface area contributed by atoms with Crippen LogP contribution in [-0.4, -0.2) is 33.0 Å². The van der Waals surface area contributed by atoms with Gasteiger partial charge in [0.15, 0.2) is 4.77 Å². The van der Waals surface area contributed by atoms with Crippen LogP contribution in [0, 0.1) is 4.77 Å². The van der Waals surface area contributed by atoms with Gasteiger partial charge in [0.05, 0.1) is 5.92 Å². The van der Waals surface area contributed by atoms with Crippen molar-refractivity contribution in [2.45, 2.75) is 37.1 Å². The van der Waals surface area contributed by atoms with E-state index in [-0.39, 0.29) is 17.7 Å². The molecule has 1 atom stereocenters. The van der Waals surface area contributed by atoms with Crippen LogP contribution in [0.25, 0.3) is 0 Å². The van der Waals surface area contributed by atoms with Gasteiger partial charge in [-0.05, 0) is 23.8 Å². The molecule has 1 aromatic carbocycles. The van der Waals surface area contributed by atoms with Gasteiger partial charge in [0, 0.05) is 29.7 Å². The van der Waals surface area contributed by atoms with Crippen molar-refractivity contribution in [2.75, 3.05) is 12.3 Å². The zero-order valence-corrected chi connectivity index (χ0v) is 14.8. The third-order valence-corrected chi connectivity index (χ3v) is 5.45. The minimum atomic E-state index is -0.0573. The molecule has 0 unspecified atom stereocenters. The summed E-state index contributed by atoms with van der Waals surface area (Å²) in [5, 5.41) is 10.1. The second-order valence-electron chi connectivity index (χ2n) is 5.89. The molecule has 0 bridgehead atoms. The average Bonchev–Trinajstić information content (AvgIpc) is 3.11. The van der Waals surface area contributed by atoms with Crippen LogP contribution in [0.4, 0.5) is 0 Å². The first kappa shape index (κ1) is 16.3. The molecule has 1 aromatic heterocycles. The summed E-state index contributed by atoms with van der Waals surface area (Å²) in [7, 11) is 0. The Hall–Kier alpha value is -1.60. The highest BCUT2D eigenvalue weighted by Gasteiger charge is 2.28. The predicted molar refractivity (Wildman–Crippen MR) is 94.4 cm³/mol. The summed E-state index contributed by atoms with van der Waals surface area (Å²) in [4.78, 5) is 13.7. The van der Waals surface area contributed by atoms with E-state index in [0.29, 0.717) is 17.9 Å². The molecule has 1 aliphatic heterocycles. The molecule has 0 spiro atoms. The predicted octanol–water partition coefficient (Wildman–Crippen LogP) is 3.07. The van der Waals surface area contributed by atoms with E-state index < -0.39 is 0 Å². The maximum Gasteiger partial charge on any atom is 0.228 e. The molecule has 23 heavy (non-hydrogen) atoms. The number of fused-ring (bicyclic) bond motifs is 1. The number of nitrogens with one attached hydrogen (secondary N) is 2. The molecule has 0 saturated carbocycles. The SMILES string of the molecule is CC(C)c1n[nH]c(=S)n1CCNC(=O)[C@@H]1CSc2ccccc21. The van der Waals surface area contributed by atoms with Gasteiger partial charge in [0.2, 0.25) is 5.91 Å². The van der Waals surface area contributed by atoms with Gasteiger partial charge in [0.25, 0.3) is 0 Å². The molecule has 5 nitrogen and oxygen atoms in total. The van der Waals surface area contributed by atoms with Gasteiger partial charge in [-0.1, -0.05) is 32.0 Å². The van der Waals surface area contributed by atoms with Crippen LogP contribution in [0.15, 0.2) is 29.2 Å². The number of carbonyl (C=O) groups is 1. The lowest BCUT2D eigenvalue weighted by atomic mass is 10.0. The number of hydrogen-bond donors (Lipinski definition) is 2. The maximum absolute atomic E-state index is 12.5. The Balaban J connectivity index is 1.61. The van der Waals surface area contributed by atoms with Crippen LogP contribution in [0.5, 0.6) is 0 Å². The Morgan fingerprint density at radius 3 is 3.09 bits per heavy atom. The minimum absolute atomic E-state index is 0.0573. The summed E-state index contributed by atoms with van der Waals surface area (Å²) in [6.45, 7) is 5.34. The monoisotopic (exact) mass is 348 g/mol. The normalized spacial score (nSPS) is 16.6. The molecule has 2 N–H and O–H groups in total. The van der Waals surface area contributed by atoms with Gasteiger partial charge < -0.3 is 9.88 Å². The smallest absolute Gasteiger partial charge is 0.228 e. The fourth-order valence-corrected chi connectivity index (χ4v) is 4.24. The standard InChI is InChI=1S/C16H20N4OS2/c1-10(2)14-18-19-16(22)20(14)8-7-17-15(21)12-9-23-13-6-4-3-5-11(12)13/h3-6,10,12H,7-9H2,1-2H3,(H,17,21)(H,19,22)/t12-/m1/s1. The lowest BCUT2D eigenvalue weighted by Crippen LogP contribution is -2.32. The molecule has 2 heterocycles. The fraction of sp³-hybridized carbons (Fsp3) is 0.438. The molecular formula is C16H20N4OS2. The Labute approximate surface area is 144 Å². The van der Waals surface area contributed by atoms with E-state index in [2.05, 4.69) is 35.4 Å². The summed E-state index contributed by atoms with van der Waals surface area (Å²) in [5.74, 6) is 2.05. The minimum Gasteiger partial charge on any atom is -0.354 e. The lowest BCUT2D eigenvalue weighted by Gasteiger charge is -2.13. The Kier molecular flexibility index (Phi) is 4.87. The average molecular weight is 348 g/mol. The van der Waals surface area contributed by atoms with E-state index >= 15 is 0 Å². The Morgan fingerprint density at radius 2 is 2.30 bits per heavy atom. The quantitative estimate of drug-likeness (QED) is 0.815. The molecule has 0 saturated heterocycles. The van der Waals surface area contributed by atoms with Crippen molar-refractivity contribution in [1.29, 1.82) is 0 Å². The van der Waals surface area contributed by atoms with E-state index in [1.807, 2.05) is 22.8 Å². The number of H-pyrrole nitrogens is 1. The van der Waals surface area contributed by atoms with Crippen molar-refractivity contribution >= 4 is 29.9 Å². The number of carbonyl (C=O) groups excluding carboxylic acids is 1. The van der Waals surface area contributed by atoms with E-state index in [0.717, 1.165) is 17.1 Å². The molecule has 0 radical (unpaired) electrons. The summed E-state index contributed by atoms with van der Waals surface area (Å²) in [5.41, 5.74) is 1.14. The zero-order valence-electron chi connectivity index (χ0n) is 13.2. The molecule has 1 aliphatic rings. The van der Waals surface area contributed by atoms with Gasteiger partial charge in [-0.3, -0.25) is 9.89 Å². The summed E-state index contributed by atoms with van der Waals surface area (Å²) in [6, 6.07) is 8.13. The van der Waals surface area contributed by atoms with E-state index in [4.69, 9.17) is 12.2 Å². The third-order valence-electron chi connectivity index (χ3n) is 3.96. The number of benzene rings is 1. The van der Waals surface area contributed by atoms with Crippen molar-refractivity contribution in [3.63, 3.8) is 0 Å². The van der Waals surface area contributed by atoms with E-state index in [9.17, 15) is 4.79 Å². The molecule has 0 fully saturated rings. The molecule has 122 valence electrons. The number of amides is 1. The van der Waals surface area contributed by atoms with Gasteiger partial charge in [-0.2, -0.15) is 5.10 Å². The second kappa shape index (κ2) is 6.88. The first-order valence-corrected chi connectivity index (χ1v) is 9.12. The van der Waals surface area contributed by atoms with Crippen LogP contribution in [-0.2, 0) is 11.3 Å². The highest BCUT2D eigenvalue weighted by molar-refractivity contribution is 7.99. The Bertz CT molecular complexity index is 765. The van der Waals surface area contributed by atoms with Crippen molar-refractivity contribution in [2.24, 2.45) is 0 Å². The van der Waals surface area contributed by atoms with Crippen LogP contribution >= 0.6 is 24.0 Å². The molecule has 3 rings (SSSR count). The van der Waals surface area contributed by atoms with Gasteiger partial charge in [-0.15, -0.1) is 11.8 Å². The largest absolute Gasteiger partial charge is 0.354 e. The summed E-state index contributed by atoms with van der Waals surface area (Å²) < 4.78 is 2.56. The van der Waals surface area contributed by atoms with Crippen molar-refractivity contribution < 1.29 is 4.79 Å². The van der Waals surface area contributed by atoms with Crippen molar-refractivity contribution in [3.8, 4) is 0 Å². The number of hydrogen-bond acceptors (Lipinski definition) is 4. The number of nitrogens with zero attached hydrogens (tertiary/aromatic N) is 2. The molecule has 7 heteroatoms. The lowest BCUT2D eigenvalue weighted by molar-refractivity contribution is -0.122. The van der Waals surface area contributed by atoms with E-state index in [1.165, 1.54) is 4.90 Å². The van der Waals surface area contributed by atoms with Crippen LogP contribution in [0.2, 0.25) is 0 Å². The summed E-state index contributed by atoms with van der Waals surface area (Å²) >= 11 is 7.01. The van der Waals surface area contributed by atoms with Crippen molar-refractivity contribution in [1.82, 2.24) is 20.1 Å². The number of aromatic amines is 1. The topological polar surface area (TPSA) is 62.7 Å². The first-order valence-electron chi connectivity index (χ1n) is 7.72. The second-order valence-corrected chi connectivity index (χ2v) is 7.33. The van der Waals surface area contributed by atoms with Gasteiger partial charge in [-0.25, -0.2) is 0 Å². The van der Waals surface area contributed by atoms with Crippen LogP contribution in [0.1, 0.15) is 37.1 Å². The van der Waals surface area contributed by atoms with Crippen LogP contribution in [0.3, 0.4) is 0 Å². The molecule has 1 amide bonds. The molecule has 2 aromatic rings. The van der Waals surface area contributed by atoms with Crippen LogP contribution < -0.4 is 5.32 Å². The van der Waals surface area contributed by atoms with Crippen molar-refractivity contribution in [3.05, 3.63) is 40.4 Å². The third kappa shape index (κ3) is 3.35. The molecule has 0 aliphatic carbocycles. The first-order chi connectivity index (χ1) is 11.1. The fourth-order valence-electron chi connectivity index (χ4n) is 2.78. The van der Waals surface area contributed by atoms with Gasteiger partial charge in [0.1, 0.15) is 5.82 Å². The number of rotatable bonds is 5. The maximum atomic E-state index is 12.5.